The van der Waals surface area contributed by atoms with Crippen LogP contribution in [-0.2, 0) is 0 Å². The Morgan fingerprint density at radius 3 is 2.69 bits per heavy atom. The van der Waals surface area contributed by atoms with Crippen LogP contribution in [0.4, 0.5) is 5.69 Å². The minimum atomic E-state index is -0.974. The van der Waals surface area contributed by atoms with Crippen molar-refractivity contribution in [3.63, 3.8) is 0 Å². The maximum atomic E-state index is 11.0. The molecule has 9 nitrogen and oxygen atoms in total. The fraction of sp³-hybridized carbons (Fsp3) is 0.125. The van der Waals surface area contributed by atoms with Crippen LogP contribution in [0.15, 0.2) is 47.6 Å². The number of rotatable bonds is 4. The van der Waals surface area contributed by atoms with E-state index in [0.717, 1.165) is 11.1 Å². The van der Waals surface area contributed by atoms with E-state index in [-0.39, 0.29) is 16.8 Å². The molecule has 0 aliphatic carbocycles. The number of hydrogen-bond acceptors (Lipinski definition) is 8. The molecule has 10 heteroatoms. The van der Waals surface area contributed by atoms with Gasteiger partial charge in [0, 0.05) is 17.7 Å². The number of quaternary nitrogens is 1. The van der Waals surface area contributed by atoms with Gasteiger partial charge in [-0.2, -0.15) is 5.23 Å². The van der Waals surface area contributed by atoms with E-state index < -0.39 is 5.23 Å². The van der Waals surface area contributed by atoms with Crippen molar-refractivity contribution < 1.29 is 20.3 Å². The van der Waals surface area contributed by atoms with Crippen molar-refractivity contribution in [2.75, 3.05) is 12.5 Å². The van der Waals surface area contributed by atoms with Crippen molar-refractivity contribution in [1.82, 2.24) is 14.9 Å². The Kier molecular flexibility index (Phi) is 4.17. The number of nitrogens with zero attached hydrogens (tertiary/aromatic N) is 3. The van der Waals surface area contributed by atoms with Gasteiger partial charge in [0.25, 0.3) is 0 Å². The molecular weight excluding hydrogens is 358 g/mol. The minimum Gasteiger partial charge on any atom is -0.595 e. The molecule has 0 saturated carbocycles. The van der Waals surface area contributed by atoms with Crippen molar-refractivity contribution in [2.24, 2.45) is 0 Å². The predicted octanol–water partition coefficient (Wildman–Crippen LogP) is 1.41. The maximum absolute atomic E-state index is 11.0. The second-order valence-corrected chi connectivity index (χ2v) is 6.65. The molecule has 0 radical (unpaired) electrons. The molecule has 26 heavy (non-hydrogen) atoms. The zero-order valence-corrected chi connectivity index (χ0v) is 14.4. The number of nitrogens with one attached hydrogen (secondary N) is 2. The summed E-state index contributed by atoms with van der Waals surface area (Å²) in [4.78, 5) is 0. The summed E-state index contributed by atoms with van der Waals surface area (Å²) < 4.78 is 6.93. The Morgan fingerprint density at radius 1 is 1.23 bits per heavy atom. The van der Waals surface area contributed by atoms with E-state index in [1.807, 2.05) is 6.07 Å². The fourth-order valence-electron chi connectivity index (χ4n) is 2.66. The van der Waals surface area contributed by atoms with Crippen LogP contribution in [0, 0.1) is 5.21 Å². The van der Waals surface area contributed by atoms with Gasteiger partial charge in [0.15, 0.2) is 23.0 Å². The van der Waals surface area contributed by atoms with Gasteiger partial charge in [0.2, 0.25) is 5.16 Å². The highest BCUT2D eigenvalue weighted by Crippen LogP contribution is 2.42. The van der Waals surface area contributed by atoms with Gasteiger partial charge in [0.05, 0.1) is 7.11 Å². The predicted molar refractivity (Wildman–Crippen MR) is 93.9 cm³/mol. The number of benzene rings is 2. The molecule has 0 fully saturated rings. The van der Waals surface area contributed by atoms with Crippen LogP contribution in [0.3, 0.4) is 0 Å². The molecule has 0 bridgehead atoms. The summed E-state index contributed by atoms with van der Waals surface area (Å²) in [7, 11) is 1.50. The Hall–Kier alpha value is -2.79. The minimum absolute atomic E-state index is 0.0814. The molecule has 1 aromatic heterocycles. The molecule has 4 N–H and O–H groups in total. The highest BCUT2D eigenvalue weighted by Gasteiger charge is 2.28. The molecule has 1 aliphatic heterocycles. The third-order valence-corrected chi connectivity index (χ3v) is 5.09. The van der Waals surface area contributed by atoms with Gasteiger partial charge < -0.3 is 20.5 Å². The zero-order valence-electron chi connectivity index (χ0n) is 13.6. The lowest BCUT2D eigenvalue weighted by Crippen LogP contribution is -2.99. The molecule has 0 amide bonds. The molecule has 134 valence electrons. The van der Waals surface area contributed by atoms with Crippen molar-refractivity contribution in [1.29, 1.82) is 0 Å². The summed E-state index contributed by atoms with van der Waals surface area (Å²) in [5.41, 5.74) is 5.20. The molecule has 4 rings (SSSR count). The summed E-state index contributed by atoms with van der Waals surface area (Å²) in [6.45, 7) is 0. The highest BCUT2D eigenvalue weighted by molar-refractivity contribution is 7.99. The van der Waals surface area contributed by atoms with Crippen LogP contribution < -0.4 is 15.4 Å². The summed E-state index contributed by atoms with van der Waals surface area (Å²) in [6.07, 6.45) is 0. The SMILES string of the molecule is COc1cc([C@H]2Nn3c(nnc3-c3ccc([NH+]([O-])O)cc3)S2)ccc1O. The standard InChI is InChI=1S/C16H15N5O4S/c1-25-13-8-10(4-7-12(13)22)15-19-20-14(17-18-16(20)26-15)9-2-5-11(6-3-9)21(23)24/h2-8,15,19,21-23H,1H3/t15-/m0/s1. The second-order valence-electron chi connectivity index (χ2n) is 5.58. The normalized spacial score (nSPS) is 16.8. The third-order valence-electron chi connectivity index (χ3n) is 4.00. The molecule has 1 unspecified atom stereocenters. The Bertz CT molecular complexity index is 944. The topological polar surface area (TPSA) is 120 Å². The average molecular weight is 373 g/mol. The van der Waals surface area contributed by atoms with Gasteiger partial charge >= 0.3 is 0 Å². The zero-order chi connectivity index (χ0) is 18.3. The van der Waals surface area contributed by atoms with Crippen LogP contribution in [0.1, 0.15) is 10.9 Å². The Labute approximate surface area is 152 Å². The average Bonchev–Trinajstić information content (AvgIpc) is 3.23. The first-order valence-electron chi connectivity index (χ1n) is 7.66. The van der Waals surface area contributed by atoms with Gasteiger partial charge in [-0.1, -0.05) is 17.8 Å². The van der Waals surface area contributed by atoms with E-state index >= 15 is 0 Å². The third kappa shape index (κ3) is 2.84. The summed E-state index contributed by atoms with van der Waals surface area (Å²) in [5.74, 6) is 1.08. The summed E-state index contributed by atoms with van der Waals surface area (Å²) >= 11 is 1.48. The molecule has 3 aromatic rings. The second kappa shape index (κ2) is 6.50. The molecular formula is C16H15N5O4S. The van der Waals surface area contributed by atoms with E-state index in [9.17, 15) is 10.3 Å². The van der Waals surface area contributed by atoms with Gasteiger partial charge in [-0.15, -0.1) is 10.2 Å². The van der Waals surface area contributed by atoms with E-state index in [1.54, 1.807) is 28.9 Å². The first-order chi connectivity index (χ1) is 12.6. The number of aromatic hydroxyl groups is 1. The van der Waals surface area contributed by atoms with Crippen molar-refractivity contribution in [3.8, 4) is 22.9 Å². The largest absolute Gasteiger partial charge is 0.595 e. The molecule has 0 spiro atoms. The van der Waals surface area contributed by atoms with Crippen LogP contribution in [-0.4, -0.2) is 32.3 Å². The van der Waals surface area contributed by atoms with E-state index in [0.29, 0.717) is 16.7 Å². The number of phenols is 1. The van der Waals surface area contributed by atoms with Crippen molar-refractivity contribution in [2.45, 2.75) is 10.5 Å². The summed E-state index contributed by atoms with van der Waals surface area (Å²) in [6, 6.07) is 11.6. The number of methoxy groups -OCH3 is 1. The van der Waals surface area contributed by atoms with Crippen LogP contribution in [0.2, 0.25) is 0 Å². The lowest BCUT2D eigenvalue weighted by Gasteiger charge is -2.14. The smallest absolute Gasteiger partial charge is 0.212 e. The van der Waals surface area contributed by atoms with E-state index in [2.05, 4.69) is 15.6 Å². The van der Waals surface area contributed by atoms with Crippen molar-refractivity contribution in [3.05, 3.63) is 53.2 Å². The number of aromatic nitrogens is 3. The first-order valence-corrected chi connectivity index (χ1v) is 8.54. The number of ether oxygens (including phenoxy) is 1. The fourth-order valence-corrected chi connectivity index (χ4v) is 3.64. The maximum Gasteiger partial charge on any atom is 0.212 e. The van der Waals surface area contributed by atoms with Gasteiger partial charge in [-0.25, -0.2) is 9.88 Å². The lowest BCUT2D eigenvalue weighted by atomic mass is 10.2. The monoisotopic (exact) mass is 373 g/mol. The molecule has 2 heterocycles. The van der Waals surface area contributed by atoms with Gasteiger partial charge in [0.1, 0.15) is 5.37 Å². The number of fused-ring (bicyclic) bond motifs is 1. The van der Waals surface area contributed by atoms with E-state index in [4.69, 9.17) is 9.94 Å². The number of thioether (sulfide) groups is 1. The molecule has 2 aromatic carbocycles. The van der Waals surface area contributed by atoms with Crippen LogP contribution in [0.25, 0.3) is 11.4 Å². The van der Waals surface area contributed by atoms with Gasteiger partial charge in [-0.05, 0) is 29.8 Å². The molecule has 1 aliphatic rings. The molecule has 2 atom stereocenters. The number of hydrogen-bond donors (Lipinski definition) is 4. The highest BCUT2D eigenvalue weighted by atomic mass is 32.2. The summed E-state index contributed by atoms with van der Waals surface area (Å²) in [5, 5.41) is 37.7. The van der Waals surface area contributed by atoms with Gasteiger partial charge in [-0.3, -0.25) is 0 Å². The van der Waals surface area contributed by atoms with Crippen LogP contribution in [0.5, 0.6) is 11.5 Å². The first kappa shape index (κ1) is 16.7. The van der Waals surface area contributed by atoms with Crippen LogP contribution >= 0.6 is 11.8 Å². The lowest BCUT2D eigenvalue weighted by molar-refractivity contribution is -0.991. The molecule has 0 saturated heterocycles. The quantitative estimate of drug-likeness (QED) is 0.507. The van der Waals surface area contributed by atoms with Crippen molar-refractivity contribution >= 4 is 17.4 Å². The Balaban J connectivity index is 1.61. The van der Waals surface area contributed by atoms with E-state index in [1.165, 1.54) is 31.0 Å². The Morgan fingerprint density at radius 2 is 2.00 bits per heavy atom. The number of phenolic OH excluding ortho intramolecular Hbond substituents is 1.